The number of piperazine rings is 1. The third-order valence-electron chi connectivity index (χ3n) is 3.65. The van der Waals surface area contributed by atoms with Crippen molar-refractivity contribution in [2.75, 3.05) is 44.3 Å². The highest BCUT2D eigenvalue weighted by Crippen LogP contribution is 2.22. The van der Waals surface area contributed by atoms with E-state index in [1.165, 1.54) is 0 Å². The third-order valence-corrected chi connectivity index (χ3v) is 3.65. The lowest BCUT2D eigenvalue weighted by molar-refractivity contribution is 0.0254. The van der Waals surface area contributed by atoms with Crippen LogP contribution in [0.2, 0.25) is 0 Å². The number of ether oxygens (including phenoxy) is 2. The van der Waals surface area contributed by atoms with E-state index in [1.54, 1.807) is 6.20 Å². The maximum absolute atomic E-state index is 6.00. The van der Waals surface area contributed by atoms with Gasteiger partial charge in [0.15, 0.2) is 0 Å². The third kappa shape index (κ3) is 3.36. The molecular formula is C14H21N3O2. The number of pyridine rings is 1. The number of nitrogens with one attached hydrogen (secondary N) is 1. The summed E-state index contributed by atoms with van der Waals surface area (Å²) in [5.41, 5.74) is 1.16. The quantitative estimate of drug-likeness (QED) is 0.883. The fourth-order valence-corrected chi connectivity index (χ4v) is 2.55. The van der Waals surface area contributed by atoms with Crippen LogP contribution in [0, 0.1) is 0 Å². The van der Waals surface area contributed by atoms with Crippen LogP contribution in [-0.2, 0) is 4.74 Å². The van der Waals surface area contributed by atoms with Gasteiger partial charge in [-0.05, 0) is 0 Å². The van der Waals surface area contributed by atoms with E-state index >= 15 is 0 Å². The first-order valence-corrected chi connectivity index (χ1v) is 7.07. The fraction of sp³-hybridized carbons (Fsp3) is 0.643. The van der Waals surface area contributed by atoms with Crippen molar-refractivity contribution in [3.63, 3.8) is 0 Å². The molecule has 5 nitrogen and oxygen atoms in total. The molecule has 3 heterocycles. The molecule has 5 heteroatoms. The molecule has 2 saturated heterocycles. The molecule has 104 valence electrons. The Morgan fingerprint density at radius 3 is 2.79 bits per heavy atom. The normalized spacial score (nSPS) is 21.4. The van der Waals surface area contributed by atoms with Gasteiger partial charge in [-0.1, -0.05) is 0 Å². The Labute approximate surface area is 113 Å². The molecule has 0 aliphatic carbocycles. The minimum atomic E-state index is 0.272. The summed E-state index contributed by atoms with van der Waals surface area (Å²) in [6.07, 6.45) is 5.94. The van der Waals surface area contributed by atoms with Crippen molar-refractivity contribution in [3.8, 4) is 5.75 Å². The van der Waals surface area contributed by atoms with Crippen LogP contribution in [-0.4, -0.2) is 50.5 Å². The summed E-state index contributed by atoms with van der Waals surface area (Å²) >= 11 is 0. The van der Waals surface area contributed by atoms with Crippen molar-refractivity contribution < 1.29 is 9.47 Å². The molecule has 1 N–H and O–H groups in total. The number of hydrogen-bond acceptors (Lipinski definition) is 5. The first kappa shape index (κ1) is 12.7. The molecule has 19 heavy (non-hydrogen) atoms. The second kappa shape index (κ2) is 6.21. The second-order valence-corrected chi connectivity index (χ2v) is 5.05. The highest BCUT2D eigenvalue weighted by molar-refractivity contribution is 5.48. The zero-order valence-electron chi connectivity index (χ0n) is 11.2. The van der Waals surface area contributed by atoms with E-state index in [1.807, 2.05) is 6.20 Å². The highest BCUT2D eigenvalue weighted by atomic mass is 16.5. The zero-order valence-corrected chi connectivity index (χ0v) is 11.2. The van der Waals surface area contributed by atoms with Gasteiger partial charge in [-0.2, -0.15) is 0 Å². The highest BCUT2D eigenvalue weighted by Gasteiger charge is 2.16. The van der Waals surface area contributed by atoms with E-state index in [-0.39, 0.29) is 6.10 Å². The lowest BCUT2D eigenvalue weighted by Gasteiger charge is -2.29. The lowest BCUT2D eigenvalue weighted by atomic mass is 10.1. The van der Waals surface area contributed by atoms with Gasteiger partial charge in [0.2, 0.25) is 0 Å². The van der Waals surface area contributed by atoms with E-state index < -0.39 is 0 Å². The van der Waals surface area contributed by atoms with Crippen molar-refractivity contribution in [1.82, 2.24) is 10.3 Å². The Kier molecular flexibility index (Phi) is 4.15. The average Bonchev–Trinajstić information content (AvgIpc) is 2.49. The maximum atomic E-state index is 6.00. The molecule has 0 amide bonds. The van der Waals surface area contributed by atoms with Gasteiger partial charge in [-0.25, -0.2) is 0 Å². The van der Waals surface area contributed by atoms with Gasteiger partial charge in [-0.15, -0.1) is 0 Å². The van der Waals surface area contributed by atoms with Crippen LogP contribution in [0.15, 0.2) is 18.5 Å². The van der Waals surface area contributed by atoms with Gasteiger partial charge in [0.1, 0.15) is 11.9 Å². The van der Waals surface area contributed by atoms with Crippen LogP contribution in [0.5, 0.6) is 5.75 Å². The Morgan fingerprint density at radius 1 is 1.21 bits per heavy atom. The zero-order chi connectivity index (χ0) is 12.9. The fourth-order valence-electron chi connectivity index (χ4n) is 2.55. The van der Waals surface area contributed by atoms with Crippen LogP contribution in [0.4, 0.5) is 5.69 Å². The monoisotopic (exact) mass is 263 g/mol. The summed E-state index contributed by atoms with van der Waals surface area (Å²) in [6.45, 7) is 5.73. The Hall–Kier alpha value is -1.33. The molecule has 2 fully saturated rings. The van der Waals surface area contributed by atoms with Crippen molar-refractivity contribution in [1.29, 1.82) is 0 Å². The summed E-state index contributed by atoms with van der Waals surface area (Å²) < 4.78 is 11.3. The average molecular weight is 263 g/mol. The molecule has 1 aromatic rings. The number of nitrogens with zero attached hydrogens (tertiary/aromatic N) is 2. The van der Waals surface area contributed by atoms with E-state index in [4.69, 9.17) is 9.47 Å². The van der Waals surface area contributed by atoms with Gasteiger partial charge in [0, 0.05) is 45.1 Å². The van der Waals surface area contributed by atoms with E-state index in [9.17, 15) is 0 Å². The first-order chi connectivity index (χ1) is 9.42. The summed E-state index contributed by atoms with van der Waals surface area (Å²) in [4.78, 5) is 6.65. The summed E-state index contributed by atoms with van der Waals surface area (Å²) in [6, 6.07) is 2.10. The molecule has 0 atom stereocenters. The summed E-state index contributed by atoms with van der Waals surface area (Å²) in [7, 11) is 0. The van der Waals surface area contributed by atoms with Gasteiger partial charge in [0.25, 0.3) is 0 Å². The molecule has 3 rings (SSSR count). The minimum absolute atomic E-state index is 0.272. The van der Waals surface area contributed by atoms with Crippen LogP contribution < -0.4 is 15.0 Å². The molecule has 0 aromatic carbocycles. The molecule has 0 unspecified atom stereocenters. The predicted molar refractivity (Wildman–Crippen MR) is 73.8 cm³/mol. The lowest BCUT2D eigenvalue weighted by Crippen LogP contribution is -2.43. The molecule has 2 aliphatic rings. The number of aromatic nitrogens is 1. The molecule has 2 aliphatic heterocycles. The van der Waals surface area contributed by atoms with Crippen molar-refractivity contribution in [2.24, 2.45) is 0 Å². The molecule has 0 bridgehead atoms. The Bertz CT molecular complexity index is 401. The predicted octanol–water partition coefficient (Wildman–Crippen LogP) is 1.05. The summed E-state index contributed by atoms with van der Waals surface area (Å²) in [5.74, 6) is 0.878. The molecule has 0 radical (unpaired) electrons. The number of anilines is 1. The standard InChI is InChI=1S/C14H21N3O2/c1-7-18-8-2-13(1)19-14-9-12(10-16-11-14)17-5-3-15-4-6-17/h9-11,13,15H,1-8H2. The van der Waals surface area contributed by atoms with Gasteiger partial charge < -0.3 is 19.7 Å². The van der Waals surface area contributed by atoms with Crippen molar-refractivity contribution in [2.45, 2.75) is 18.9 Å². The van der Waals surface area contributed by atoms with Crippen LogP contribution in [0.1, 0.15) is 12.8 Å². The molecular weight excluding hydrogens is 242 g/mol. The van der Waals surface area contributed by atoms with Crippen LogP contribution in [0.25, 0.3) is 0 Å². The molecule has 1 aromatic heterocycles. The van der Waals surface area contributed by atoms with E-state index in [2.05, 4.69) is 21.3 Å². The minimum Gasteiger partial charge on any atom is -0.489 e. The molecule has 0 saturated carbocycles. The Balaban J connectivity index is 1.64. The SMILES string of the molecule is c1ncc(N2CCNCC2)cc1OC1CCOCC1. The van der Waals surface area contributed by atoms with E-state index in [0.29, 0.717) is 0 Å². The van der Waals surface area contributed by atoms with Crippen LogP contribution in [0.3, 0.4) is 0 Å². The number of hydrogen-bond donors (Lipinski definition) is 1. The first-order valence-electron chi connectivity index (χ1n) is 7.07. The van der Waals surface area contributed by atoms with E-state index in [0.717, 1.165) is 63.7 Å². The van der Waals surface area contributed by atoms with Gasteiger partial charge in [-0.3, -0.25) is 4.98 Å². The van der Waals surface area contributed by atoms with Crippen molar-refractivity contribution >= 4 is 5.69 Å². The topological polar surface area (TPSA) is 46.6 Å². The van der Waals surface area contributed by atoms with Crippen LogP contribution >= 0.6 is 0 Å². The second-order valence-electron chi connectivity index (χ2n) is 5.05. The van der Waals surface area contributed by atoms with Gasteiger partial charge >= 0.3 is 0 Å². The Morgan fingerprint density at radius 2 is 2.00 bits per heavy atom. The summed E-state index contributed by atoms with van der Waals surface area (Å²) in [5, 5.41) is 3.36. The number of rotatable bonds is 3. The molecule has 0 spiro atoms. The largest absolute Gasteiger partial charge is 0.489 e. The smallest absolute Gasteiger partial charge is 0.140 e. The van der Waals surface area contributed by atoms with Crippen molar-refractivity contribution in [3.05, 3.63) is 18.5 Å². The van der Waals surface area contributed by atoms with Gasteiger partial charge in [0.05, 0.1) is 31.3 Å². The maximum Gasteiger partial charge on any atom is 0.140 e.